The van der Waals surface area contributed by atoms with E-state index in [1.807, 2.05) is 25.1 Å². The second-order valence-electron chi connectivity index (χ2n) is 4.86. The lowest BCUT2D eigenvalue weighted by Gasteiger charge is -2.14. The highest BCUT2D eigenvalue weighted by atomic mass is 19.1. The molecule has 3 nitrogen and oxygen atoms in total. The minimum absolute atomic E-state index is 0.0284. The molecule has 0 bridgehead atoms. The van der Waals surface area contributed by atoms with E-state index in [9.17, 15) is 4.39 Å². The van der Waals surface area contributed by atoms with Gasteiger partial charge in [-0.05, 0) is 42.7 Å². The second kappa shape index (κ2) is 7.01. The molecule has 0 aliphatic carbocycles. The summed E-state index contributed by atoms with van der Waals surface area (Å²) in [6.07, 6.45) is 4.79. The van der Waals surface area contributed by atoms with Gasteiger partial charge >= 0.3 is 0 Å². The third-order valence-corrected chi connectivity index (χ3v) is 2.98. The highest BCUT2D eigenvalue weighted by Gasteiger charge is 2.11. The maximum Gasteiger partial charge on any atom is 0.165 e. The normalized spacial score (nSPS) is 12.2. The lowest BCUT2D eigenvalue weighted by atomic mass is 10.1. The van der Waals surface area contributed by atoms with Crippen LogP contribution in [0.25, 0.3) is 0 Å². The largest absolute Gasteiger partial charge is 0.490 e. The molecule has 2 N–H and O–H groups in total. The van der Waals surface area contributed by atoms with Gasteiger partial charge < -0.3 is 10.5 Å². The fourth-order valence-corrected chi connectivity index (χ4v) is 2.04. The van der Waals surface area contributed by atoms with Crippen LogP contribution in [0, 0.1) is 5.82 Å². The number of ether oxygens (including phenoxy) is 1. The number of benzene rings is 1. The van der Waals surface area contributed by atoms with Crippen molar-refractivity contribution < 1.29 is 9.13 Å². The quantitative estimate of drug-likeness (QED) is 0.881. The van der Waals surface area contributed by atoms with Crippen LogP contribution in [0.4, 0.5) is 4.39 Å². The SMILES string of the molecule is CC(N)Cc1cccc(F)c1OCCc1ccncc1. The number of nitrogens with two attached hydrogens (primary N) is 1. The third-order valence-electron chi connectivity index (χ3n) is 2.98. The summed E-state index contributed by atoms with van der Waals surface area (Å²) in [6, 6.07) is 8.77. The lowest BCUT2D eigenvalue weighted by molar-refractivity contribution is 0.301. The lowest BCUT2D eigenvalue weighted by Crippen LogP contribution is -2.18. The summed E-state index contributed by atoms with van der Waals surface area (Å²) in [4.78, 5) is 3.96. The van der Waals surface area contributed by atoms with E-state index >= 15 is 0 Å². The van der Waals surface area contributed by atoms with Crippen LogP contribution in [-0.4, -0.2) is 17.6 Å². The first-order valence-electron chi connectivity index (χ1n) is 6.71. The van der Waals surface area contributed by atoms with Gasteiger partial charge in [-0.3, -0.25) is 4.98 Å². The van der Waals surface area contributed by atoms with E-state index < -0.39 is 0 Å². The maximum absolute atomic E-state index is 13.9. The van der Waals surface area contributed by atoms with E-state index in [1.165, 1.54) is 6.07 Å². The van der Waals surface area contributed by atoms with Gasteiger partial charge in [0.1, 0.15) is 0 Å². The molecule has 0 fully saturated rings. The van der Waals surface area contributed by atoms with Gasteiger partial charge in [-0.2, -0.15) is 0 Å². The average Bonchev–Trinajstić information content (AvgIpc) is 2.42. The summed E-state index contributed by atoms with van der Waals surface area (Å²) < 4.78 is 19.5. The Labute approximate surface area is 118 Å². The molecule has 0 spiro atoms. The zero-order valence-corrected chi connectivity index (χ0v) is 11.6. The van der Waals surface area contributed by atoms with Crippen molar-refractivity contribution in [2.75, 3.05) is 6.61 Å². The molecule has 0 aliphatic heterocycles. The van der Waals surface area contributed by atoms with Crippen molar-refractivity contribution in [2.45, 2.75) is 25.8 Å². The van der Waals surface area contributed by atoms with Crippen molar-refractivity contribution in [3.8, 4) is 5.75 Å². The van der Waals surface area contributed by atoms with E-state index in [1.54, 1.807) is 18.5 Å². The summed E-state index contributed by atoms with van der Waals surface area (Å²) >= 11 is 0. The van der Waals surface area contributed by atoms with Crippen molar-refractivity contribution in [2.24, 2.45) is 5.73 Å². The number of nitrogens with zero attached hydrogens (tertiary/aromatic N) is 1. The average molecular weight is 274 g/mol. The summed E-state index contributed by atoms with van der Waals surface area (Å²) in [6.45, 7) is 2.32. The first-order chi connectivity index (χ1) is 9.66. The van der Waals surface area contributed by atoms with Gasteiger partial charge in [0.25, 0.3) is 0 Å². The Morgan fingerprint density at radius 3 is 2.70 bits per heavy atom. The van der Waals surface area contributed by atoms with Gasteiger partial charge in [-0.25, -0.2) is 4.39 Å². The minimum atomic E-state index is -0.335. The molecule has 1 aromatic carbocycles. The molecule has 1 unspecified atom stereocenters. The van der Waals surface area contributed by atoms with Crippen LogP contribution in [-0.2, 0) is 12.8 Å². The molecule has 1 atom stereocenters. The molecule has 2 aromatic rings. The van der Waals surface area contributed by atoms with Gasteiger partial charge in [0.05, 0.1) is 6.61 Å². The van der Waals surface area contributed by atoms with Crippen LogP contribution in [0.1, 0.15) is 18.1 Å². The van der Waals surface area contributed by atoms with Crippen molar-refractivity contribution in [1.29, 1.82) is 0 Å². The van der Waals surface area contributed by atoms with Crippen molar-refractivity contribution in [3.63, 3.8) is 0 Å². The number of halogens is 1. The molecule has 0 radical (unpaired) electrons. The molecular formula is C16H19FN2O. The number of hydrogen-bond donors (Lipinski definition) is 1. The Morgan fingerprint density at radius 1 is 1.25 bits per heavy atom. The molecule has 2 rings (SSSR count). The van der Waals surface area contributed by atoms with Gasteiger partial charge in [-0.15, -0.1) is 0 Å². The summed E-state index contributed by atoms with van der Waals surface area (Å²) in [5, 5.41) is 0. The molecule has 20 heavy (non-hydrogen) atoms. The number of rotatable bonds is 6. The predicted molar refractivity (Wildman–Crippen MR) is 77.2 cm³/mol. The maximum atomic E-state index is 13.9. The van der Waals surface area contributed by atoms with E-state index in [0.717, 1.165) is 11.1 Å². The summed E-state index contributed by atoms with van der Waals surface area (Å²) in [7, 11) is 0. The van der Waals surface area contributed by atoms with Crippen LogP contribution in [0.3, 0.4) is 0 Å². The van der Waals surface area contributed by atoms with Crippen LogP contribution in [0.2, 0.25) is 0 Å². The topological polar surface area (TPSA) is 48.1 Å². The summed E-state index contributed by atoms with van der Waals surface area (Å²) in [5.41, 5.74) is 7.71. The molecular weight excluding hydrogens is 255 g/mol. The van der Waals surface area contributed by atoms with E-state index in [-0.39, 0.29) is 11.9 Å². The molecule has 1 heterocycles. The highest BCUT2D eigenvalue weighted by Crippen LogP contribution is 2.24. The van der Waals surface area contributed by atoms with Crippen molar-refractivity contribution >= 4 is 0 Å². The van der Waals surface area contributed by atoms with Gasteiger partial charge in [-0.1, -0.05) is 12.1 Å². The van der Waals surface area contributed by atoms with Gasteiger partial charge in [0, 0.05) is 24.9 Å². The Balaban J connectivity index is 2.01. The second-order valence-corrected chi connectivity index (χ2v) is 4.86. The molecule has 0 aliphatic rings. The first kappa shape index (κ1) is 14.5. The van der Waals surface area contributed by atoms with E-state index in [0.29, 0.717) is 25.2 Å². The van der Waals surface area contributed by atoms with E-state index in [4.69, 9.17) is 10.5 Å². The van der Waals surface area contributed by atoms with Crippen LogP contribution >= 0.6 is 0 Å². The smallest absolute Gasteiger partial charge is 0.165 e. The van der Waals surface area contributed by atoms with Crippen LogP contribution < -0.4 is 10.5 Å². The predicted octanol–water partition coefficient (Wildman–Crippen LogP) is 2.73. The van der Waals surface area contributed by atoms with Gasteiger partial charge in [0.2, 0.25) is 0 Å². The Hall–Kier alpha value is -1.94. The zero-order valence-electron chi connectivity index (χ0n) is 11.6. The Kier molecular flexibility index (Phi) is 5.07. The molecule has 0 saturated carbocycles. The standard InChI is InChI=1S/C16H19FN2O/c1-12(18)11-14-3-2-4-15(17)16(14)20-10-7-13-5-8-19-9-6-13/h2-6,8-9,12H,7,10-11,18H2,1H3. The first-order valence-corrected chi connectivity index (χ1v) is 6.71. The fraction of sp³-hybridized carbons (Fsp3) is 0.312. The van der Waals surface area contributed by atoms with Crippen LogP contribution in [0.5, 0.6) is 5.75 Å². The van der Waals surface area contributed by atoms with E-state index in [2.05, 4.69) is 4.98 Å². The Bertz CT molecular complexity index is 543. The monoisotopic (exact) mass is 274 g/mol. The number of pyridine rings is 1. The molecule has 0 saturated heterocycles. The molecule has 106 valence electrons. The van der Waals surface area contributed by atoms with Crippen molar-refractivity contribution in [3.05, 3.63) is 59.7 Å². The zero-order chi connectivity index (χ0) is 14.4. The van der Waals surface area contributed by atoms with Gasteiger partial charge in [0.15, 0.2) is 11.6 Å². The number of hydrogen-bond acceptors (Lipinski definition) is 3. The highest BCUT2D eigenvalue weighted by molar-refractivity contribution is 5.35. The Morgan fingerprint density at radius 2 is 2.00 bits per heavy atom. The number of para-hydroxylation sites is 1. The molecule has 1 aromatic heterocycles. The molecule has 0 amide bonds. The van der Waals surface area contributed by atoms with Crippen molar-refractivity contribution in [1.82, 2.24) is 4.98 Å². The third kappa shape index (κ3) is 4.03. The number of aromatic nitrogens is 1. The minimum Gasteiger partial charge on any atom is -0.490 e. The molecule has 4 heteroatoms. The van der Waals surface area contributed by atoms with Crippen LogP contribution in [0.15, 0.2) is 42.7 Å². The summed E-state index contributed by atoms with van der Waals surface area (Å²) in [5.74, 6) is -0.0169. The fourth-order valence-electron chi connectivity index (χ4n) is 2.04.